The van der Waals surface area contributed by atoms with Gasteiger partial charge < -0.3 is 10.1 Å². The number of carbonyl (C=O) groups excluding carboxylic acids is 1. The summed E-state index contributed by atoms with van der Waals surface area (Å²) in [5.74, 6) is 0.153. The van der Waals surface area contributed by atoms with E-state index < -0.39 is 0 Å². The van der Waals surface area contributed by atoms with E-state index in [0.29, 0.717) is 0 Å². The van der Waals surface area contributed by atoms with Crippen LogP contribution in [0.25, 0.3) is 0 Å². The van der Waals surface area contributed by atoms with Crippen molar-refractivity contribution in [2.45, 2.75) is 45.3 Å². The summed E-state index contributed by atoms with van der Waals surface area (Å²) >= 11 is 0. The Morgan fingerprint density at radius 1 is 1.45 bits per heavy atom. The average molecular weight is 276 g/mol. The minimum Gasteiger partial charge on any atom is -0.363 e. The fraction of sp³-hybridized carbons (Fsp3) is 0.625. The molecule has 2 rings (SSSR count). The molecule has 0 aromatic carbocycles. The zero-order chi connectivity index (χ0) is 14.4. The number of pyridine rings is 1. The van der Waals surface area contributed by atoms with Gasteiger partial charge in [0.1, 0.15) is 12.7 Å². The third-order valence-corrected chi connectivity index (χ3v) is 3.74. The topological polar surface area (TPSA) is 51.2 Å². The molecule has 1 aliphatic rings. The van der Waals surface area contributed by atoms with Crippen LogP contribution in [0.3, 0.4) is 0 Å². The Bertz CT molecular complexity index is 414. The fourth-order valence-electron chi connectivity index (χ4n) is 2.43. The number of carbonyl (C=O) groups is 1. The molecule has 110 valence electrons. The second kappa shape index (κ2) is 7.50. The number of piperidine rings is 1. The number of nitrogens with zero attached hydrogens (tertiary/aromatic N) is 1. The first-order valence-electron chi connectivity index (χ1n) is 7.47. The summed E-state index contributed by atoms with van der Waals surface area (Å²) in [5, 5.41) is 3.49. The lowest BCUT2D eigenvalue weighted by molar-refractivity contribution is -0.129. The molecule has 2 atom stereocenters. The maximum atomic E-state index is 11.8. The summed E-state index contributed by atoms with van der Waals surface area (Å²) in [7, 11) is 0. The lowest BCUT2D eigenvalue weighted by atomic mass is 9.97. The van der Waals surface area contributed by atoms with Crippen molar-refractivity contribution in [2.75, 3.05) is 13.2 Å². The molecule has 2 unspecified atom stereocenters. The second-order valence-corrected chi connectivity index (χ2v) is 5.66. The first kappa shape index (κ1) is 15.1. The quantitative estimate of drug-likeness (QED) is 0.867. The third kappa shape index (κ3) is 4.12. The van der Waals surface area contributed by atoms with Crippen LogP contribution >= 0.6 is 0 Å². The molecule has 4 heteroatoms. The van der Waals surface area contributed by atoms with Crippen molar-refractivity contribution < 1.29 is 9.53 Å². The minimum absolute atomic E-state index is 0.0127. The molecule has 1 saturated heterocycles. The van der Waals surface area contributed by atoms with E-state index in [1.54, 1.807) is 6.20 Å². The maximum absolute atomic E-state index is 11.8. The highest BCUT2D eigenvalue weighted by atomic mass is 16.5. The van der Waals surface area contributed by atoms with Crippen LogP contribution in [0.5, 0.6) is 0 Å². The van der Waals surface area contributed by atoms with Gasteiger partial charge in [0.25, 0.3) is 0 Å². The predicted octanol–water partition coefficient (Wildman–Crippen LogP) is 2.51. The van der Waals surface area contributed by atoms with Crippen molar-refractivity contribution in [2.24, 2.45) is 5.92 Å². The first-order valence-corrected chi connectivity index (χ1v) is 7.47. The van der Waals surface area contributed by atoms with Gasteiger partial charge in [0.15, 0.2) is 5.78 Å². The van der Waals surface area contributed by atoms with Gasteiger partial charge in [-0.2, -0.15) is 0 Å². The van der Waals surface area contributed by atoms with Gasteiger partial charge >= 0.3 is 0 Å². The summed E-state index contributed by atoms with van der Waals surface area (Å²) in [6.45, 7) is 4.98. The SMILES string of the molecule is CC(C)C(=O)COC(c1ccccn1)C1CCCCN1. The van der Waals surface area contributed by atoms with Crippen LogP contribution in [-0.2, 0) is 9.53 Å². The number of ether oxygens (including phenoxy) is 1. The summed E-state index contributed by atoms with van der Waals surface area (Å²) in [6, 6.07) is 6.08. The Kier molecular flexibility index (Phi) is 5.68. The van der Waals surface area contributed by atoms with E-state index in [1.807, 2.05) is 32.0 Å². The van der Waals surface area contributed by atoms with Crippen molar-refractivity contribution in [3.05, 3.63) is 30.1 Å². The Hall–Kier alpha value is -1.26. The molecule has 0 amide bonds. The van der Waals surface area contributed by atoms with Gasteiger partial charge in [-0.25, -0.2) is 0 Å². The molecule has 20 heavy (non-hydrogen) atoms. The highest BCUT2D eigenvalue weighted by Gasteiger charge is 2.27. The Morgan fingerprint density at radius 3 is 2.90 bits per heavy atom. The largest absolute Gasteiger partial charge is 0.363 e. The van der Waals surface area contributed by atoms with Crippen LogP contribution < -0.4 is 5.32 Å². The molecule has 1 N–H and O–H groups in total. The molecular formula is C16H24N2O2. The summed E-state index contributed by atoms with van der Waals surface area (Å²) in [5.41, 5.74) is 0.906. The van der Waals surface area contributed by atoms with E-state index in [4.69, 9.17) is 4.74 Å². The van der Waals surface area contributed by atoms with Gasteiger partial charge in [-0.1, -0.05) is 26.3 Å². The Morgan fingerprint density at radius 2 is 2.30 bits per heavy atom. The molecule has 0 saturated carbocycles. The second-order valence-electron chi connectivity index (χ2n) is 5.66. The monoisotopic (exact) mass is 276 g/mol. The lowest BCUT2D eigenvalue weighted by Crippen LogP contribution is -2.40. The number of rotatable bonds is 6. The third-order valence-electron chi connectivity index (χ3n) is 3.74. The highest BCUT2D eigenvalue weighted by Crippen LogP contribution is 2.25. The number of hydrogen-bond acceptors (Lipinski definition) is 4. The van der Waals surface area contributed by atoms with E-state index >= 15 is 0 Å². The standard InChI is InChI=1S/C16H24N2O2/c1-12(2)15(19)11-20-16(13-7-3-5-9-17-13)14-8-4-6-10-18-14/h3,5,7,9,12,14,16,18H,4,6,8,10-11H2,1-2H3. The van der Waals surface area contributed by atoms with E-state index in [-0.39, 0.29) is 30.5 Å². The molecule has 1 aliphatic heterocycles. The number of nitrogens with one attached hydrogen (secondary N) is 1. The number of aromatic nitrogens is 1. The molecule has 1 aromatic heterocycles. The molecule has 0 bridgehead atoms. The van der Waals surface area contributed by atoms with Crippen LogP contribution in [0.15, 0.2) is 24.4 Å². The molecular weight excluding hydrogens is 252 g/mol. The van der Waals surface area contributed by atoms with Crippen LogP contribution in [0.4, 0.5) is 0 Å². The lowest BCUT2D eigenvalue weighted by Gasteiger charge is -2.31. The Balaban J connectivity index is 2.05. The number of Topliss-reactive ketones (excluding diaryl/α,β-unsaturated/α-hetero) is 1. The highest BCUT2D eigenvalue weighted by molar-refractivity contribution is 5.81. The van der Waals surface area contributed by atoms with Crippen LogP contribution in [0.1, 0.15) is 44.9 Å². The van der Waals surface area contributed by atoms with Crippen LogP contribution in [0, 0.1) is 5.92 Å². The van der Waals surface area contributed by atoms with Crippen molar-refractivity contribution in [1.82, 2.24) is 10.3 Å². The van der Waals surface area contributed by atoms with Gasteiger partial charge in [-0.15, -0.1) is 0 Å². The molecule has 2 heterocycles. The maximum Gasteiger partial charge on any atom is 0.161 e. The summed E-state index contributed by atoms with van der Waals surface area (Å²) < 4.78 is 5.92. The fourth-order valence-corrected chi connectivity index (χ4v) is 2.43. The van der Waals surface area contributed by atoms with E-state index in [0.717, 1.165) is 18.7 Å². The molecule has 1 aromatic rings. The average Bonchev–Trinajstić information content (AvgIpc) is 2.49. The van der Waals surface area contributed by atoms with Crippen molar-refractivity contribution in [3.63, 3.8) is 0 Å². The zero-order valence-electron chi connectivity index (χ0n) is 12.3. The molecule has 0 spiro atoms. The van der Waals surface area contributed by atoms with E-state index in [2.05, 4.69) is 10.3 Å². The van der Waals surface area contributed by atoms with E-state index in [9.17, 15) is 4.79 Å². The van der Waals surface area contributed by atoms with Gasteiger partial charge in [0.05, 0.1) is 5.69 Å². The first-order chi connectivity index (χ1) is 9.68. The van der Waals surface area contributed by atoms with Crippen molar-refractivity contribution >= 4 is 5.78 Å². The zero-order valence-corrected chi connectivity index (χ0v) is 12.3. The number of hydrogen-bond donors (Lipinski definition) is 1. The normalized spacial score (nSPS) is 20.9. The summed E-state index contributed by atoms with van der Waals surface area (Å²) in [6.07, 6.45) is 5.11. The molecule has 1 fully saturated rings. The minimum atomic E-state index is -0.140. The predicted molar refractivity (Wildman–Crippen MR) is 78.4 cm³/mol. The van der Waals surface area contributed by atoms with E-state index in [1.165, 1.54) is 12.8 Å². The van der Waals surface area contributed by atoms with Gasteiger partial charge in [-0.05, 0) is 31.5 Å². The van der Waals surface area contributed by atoms with Gasteiger partial charge in [0, 0.05) is 18.2 Å². The van der Waals surface area contributed by atoms with Crippen molar-refractivity contribution in [3.8, 4) is 0 Å². The van der Waals surface area contributed by atoms with Crippen LogP contribution in [-0.4, -0.2) is 30.0 Å². The Labute approximate surface area is 120 Å². The summed E-state index contributed by atoms with van der Waals surface area (Å²) in [4.78, 5) is 16.2. The smallest absolute Gasteiger partial charge is 0.161 e. The molecule has 0 aliphatic carbocycles. The van der Waals surface area contributed by atoms with Gasteiger partial charge in [-0.3, -0.25) is 9.78 Å². The van der Waals surface area contributed by atoms with Gasteiger partial charge in [0.2, 0.25) is 0 Å². The molecule has 4 nitrogen and oxygen atoms in total. The molecule has 0 radical (unpaired) electrons. The van der Waals surface area contributed by atoms with Crippen LogP contribution in [0.2, 0.25) is 0 Å². The van der Waals surface area contributed by atoms with Crippen molar-refractivity contribution in [1.29, 1.82) is 0 Å². The number of ketones is 1.